The molecule has 1 aliphatic carbocycles. The number of hydrogen-bond acceptors (Lipinski definition) is 3. The Labute approximate surface area is 91.9 Å². The van der Waals surface area contributed by atoms with Crippen LogP contribution >= 0.6 is 0 Å². The molecule has 0 aromatic carbocycles. The topological polar surface area (TPSA) is 38.3 Å². The van der Waals surface area contributed by atoms with Crippen LogP contribution in [0.1, 0.15) is 46.5 Å². The van der Waals surface area contributed by atoms with E-state index in [1.807, 2.05) is 20.8 Å². The lowest BCUT2D eigenvalue weighted by molar-refractivity contribution is -0.139. The number of allylic oxidation sites excluding steroid dienone is 1. The minimum atomic E-state index is -0.192. The van der Waals surface area contributed by atoms with Gasteiger partial charge < -0.3 is 10.1 Å². The zero-order chi connectivity index (χ0) is 11.3. The number of carbonyl (C=O) groups is 1. The molecule has 1 aliphatic rings. The predicted molar refractivity (Wildman–Crippen MR) is 60.4 cm³/mol. The summed E-state index contributed by atoms with van der Waals surface area (Å²) in [5.41, 5.74) is 1.95. The summed E-state index contributed by atoms with van der Waals surface area (Å²) in [6.45, 7) is 6.35. The Kier molecular flexibility index (Phi) is 4.66. The van der Waals surface area contributed by atoms with Gasteiger partial charge >= 0.3 is 5.97 Å². The molecule has 0 unspecified atom stereocenters. The summed E-state index contributed by atoms with van der Waals surface area (Å²) in [5.74, 6) is -0.192. The van der Waals surface area contributed by atoms with Crippen LogP contribution in [0, 0.1) is 0 Å². The fraction of sp³-hybridized carbons (Fsp3) is 0.750. The van der Waals surface area contributed by atoms with Crippen molar-refractivity contribution in [3.05, 3.63) is 11.3 Å². The summed E-state index contributed by atoms with van der Waals surface area (Å²) in [6.07, 6.45) is 4.46. The fourth-order valence-corrected chi connectivity index (χ4v) is 1.85. The number of rotatable bonds is 4. The van der Waals surface area contributed by atoms with Crippen LogP contribution in [0.3, 0.4) is 0 Å². The molecule has 0 aromatic heterocycles. The molecule has 0 aliphatic heterocycles. The molecule has 1 saturated carbocycles. The molecule has 0 radical (unpaired) electrons. The van der Waals surface area contributed by atoms with E-state index in [0.717, 1.165) is 12.8 Å². The van der Waals surface area contributed by atoms with Gasteiger partial charge in [-0.1, -0.05) is 0 Å². The van der Waals surface area contributed by atoms with Gasteiger partial charge in [-0.05, 0) is 52.0 Å². The zero-order valence-electron chi connectivity index (χ0n) is 9.93. The summed E-state index contributed by atoms with van der Waals surface area (Å²) in [5, 5.41) is 3.21. The maximum Gasteiger partial charge on any atom is 0.354 e. The molecule has 0 heterocycles. The standard InChI is InChI=1S/C12H21NO2/c1-4-15-12(14)11(13-9(2)3)10-7-5-6-8-10/h9,13H,4-8H2,1-3H3. The number of carbonyl (C=O) groups excluding carboxylic acids is 1. The minimum Gasteiger partial charge on any atom is -0.461 e. The Balaban J connectivity index is 2.76. The summed E-state index contributed by atoms with van der Waals surface area (Å²) in [4.78, 5) is 11.7. The molecule has 0 bridgehead atoms. The van der Waals surface area contributed by atoms with Gasteiger partial charge in [0.1, 0.15) is 5.70 Å². The van der Waals surface area contributed by atoms with Crippen molar-refractivity contribution >= 4 is 5.97 Å². The van der Waals surface area contributed by atoms with Crippen LogP contribution in [0.4, 0.5) is 0 Å². The SMILES string of the molecule is CCOC(=O)C(NC(C)C)=C1CCCC1. The molecule has 1 rings (SSSR count). The van der Waals surface area contributed by atoms with Gasteiger partial charge in [0.05, 0.1) is 6.61 Å². The second kappa shape index (κ2) is 5.79. The molecule has 0 spiro atoms. The van der Waals surface area contributed by atoms with Gasteiger partial charge in [-0.15, -0.1) is 0 Å². The molecule has 1 N–H and O–H groups in total. The Bertz CT molecular complexity index is 248. The van der Waals surface area contributed by atoms with E-state index in [1.54, 1.807) is 0 Å². The lowest BCUT2D eigenvalue weighted by Crippen LogP contribution is -2.29. The van der Waals surface area contributed by atoms with Crippen molar-refractivity contribution in [1.29, 1.82) is 0 Å². The van der Waals surface area contributed by atoms with Crippen LogP contribution in [0.15, 0.2) is 11.3 Å². The molecule has 0 atom stereocenters. The van der Waals surface area contributed by atoms with Crippen LogP contribution in [0.2, 0.25) is 0 Å². The van der Waals surface area contributed by atoms with Crippen molar-refractivity contribution in [3.63, 3.8) is 0 Å². The van der Waals surface area contributed by atoms with Crippen molar-refractivity contribution in [2.24, 2.45) is 0 Å². The first-order valence-electron chi connectivity index (χ1n) is 5.80. The molecular formula is C12H21NO2. The highest BCUT2D eigenvalue weighted by Gasteiger charge is 2.19. The Hall–Kier alpha value is -0.990. The summed E-state index contributed by atoms with van der Waals surface area (Å²) in [6, 6.07) is 0.275. The minimum absolute atomic E-state index is 0.192. The monoisotopic (exact) mass is 211 g/mol. The van der Waals surface area contributed by atoms with Gasteiger partial charge in [0.25, 0.3) is 0 Å². The molecule has 3 heteroatoms. The Morgan fingerprint density at radius 1 is 1.40 bits per heavy atom. The van der Waals surface area contributed by atoms with Crippen molar-refractivity contribution in [3.8, 4) is 0 Å². The highest BCUT2D eigenvalue weighted by atomic mass is 16.5. The van der Waals surface area contributed by atoms with Crippen LogP contribution in [-0.2, 0) is 9.53 Å². The molecular weight excluding hydrogens is 190 g/mol. The lowest BCUT2D eigenvalue weighted by Gasteiger charge is -2.15. The highest BCUT2D eigenvalue weighted by Crippen LogP contribution is 2.26. The number of hydrogen-bond donors (Lipinski definition) is 1. The Morgan fingerprint density at radius 2 is 2.00 bits per heavy atom. The zero-order valence-corrected chi connectivity index (χ0v) is 9.93. The first kappa shape index (κ1) is 12.1. The van der Waals surface area contributed by atoms with Gasteiger partial charge in [-0.25, -0.2) is 4.79 Å². The average Bonchev–Trinajstić information content (AvgIpc) is 2.66. The van der Waals surface area contributed by atoms with E-state index in [0.29, 0.717) is 12.3 Å². The first-order chi connectivity index (χ1) is 7.15. The van der Waals surface area contributed by atoms with Crippen molar-refractivity contribution in [2.75, 3.05) is 6.61 Å². The van der Waals surface area contributed by atoms with Crippen LogP contribution in [0.5, 0.6) is 0 Å². The smallest absolute Gasteiger partial charge is 0.354 e. The quantitative estimate of drug-likeness (QED) is 0.573. The maximum absolute atomic E-state index is 11.7. The van der Waals surface area contributed by atoms with Gasteiger partial charge in [0.15, 0.2) is 0 Å². The number of esters is 1. The molecule has 86 valence electrons. The van der Waals surface area contributed by atoms with E-state index in [1.165, 1.54) is 18.4 Å². The first-order valence-corrected chi connectivity index (χ1v) is 5.80. The van der Waals surface area contributed by atoms with E-state index in [4.69, 9.17) is 4.74 Å². The second-order valence-corrected chi connectivity index (χ2v) is 4.21. The third-order valence-electron chi connectivity index (χ3n) is 2.47. The molecule has 0 saturated heterocycles. The highest BCUT2D eigenvalue weighted by molar-refractivity contribution is 5.88. The molecule has 0 aromatic rings. The average molecular weight is 211 g/mol. The van der Waals surface area contributed by atoms with Gasteiger partial charge in [0.2, 0.25) is 0 Å². The third-order valence-corrected chi connectivity index (χ3v) is 2.47. The van der Waals surface area contributed by atoms with E-state index < -0.39 is 0 Å². The Morgan fingerprint density at radius 3 is 2.47 bits per heavy atom. The summed E-state index contributed by atoms with van der Waals surface area (Å²) >= 11 is 0. The summed E-state index contributed by atoms with van der Waals surface area (Å²) < 4.78 is 5.06. The van der Waals surface area contributed by atoms with E-state index in [9.17, 15) is 4.79 Å². The van der Waals surface area contributed by atoms with E-state index >= 15 is 0 Å². The fourth-order valence-electron chi connectivity index (χ4n) is 1.85. The van der Waals surface area contributed by atoms with Crippen LogP contribution < -0.4 is 5.32 Å². The van der Waals surface area contributed by atoms with E-state index in [2.05, 4.69) is 5.32 Å². The molecule has 1 fully saturated rings. The molecule has 0 amide bonds. The molecule has 3 nitrogen and oxygen atoms in total. The lowest BCUT2D eigenvalue weighted by atomic mass is 10.1. The second-order valence-electron chi connectivity index (χ2n) is 4.21. The normalized spacial score (nSPS) is 15.6. The van der Waals surface area contributed by atoms with Crippen LogP contribution in [-0.4, -0.2) is 18.6 Å². The summed E-state index contributed by atoms with van der Waals surface area (Å²) in [7, 11) is 0. The number of ether oxygens (including phenoxy) is 1. The van der Waals surface area contributed by atoms with Crippen molar-refractivity contribution < 1.29 is 9.53 Å². The van der Waals surface area contributed by atoms with E-state index in [-0.39, 0.29) is 12.0 Å². The number of nitrogens with one attached hydrogen (secondary N) is 1. The van der Waals surface area contributed by atoms with Crippen molar-refractivity contribution in [2.45, 2.75) is 52.5 Å². The van der Waals surface area contributed by atoms with Crippen LogP contribution in [0.25, 0.3) is 0 Å². The third kappa shape index (κ3) is 3.57. The predicted octanol–water partition coefficient (Wildman–Crippen LogP) is 2.38. The largest absolute Gasteiger partial charge is 0.461 e. The van der Waals surface area contributed by atoms with Gasteiger partial charge in [-0.2, -0.15) is 0 Å². The maximum atomic E-state index is 11.7. The van der Waals surface area contributed by atoms with Crippen molar-refractivity contribution in [1.82, 2.24) is 5.32 Å². The van der Waals surface area contributed by atoms with Gasteiger partial charge in [0, 0.05) is 6.04 Å². The van der Waals surface area contributed by atoms with Gasteiger partial charge in [-0.3, -0.25) is 0 Å². The molecule has 15 heavy (non-hydrogen) atoms.